The number of piperazine rings is 1. The molecule has 302 valence electrons. The van der Waals surface area contributed by atoms with Gasteiger partial charge >= 0.3 is 12.2 Å². The Morgan fingerprint density at radius 1 is 1.00 bits per heavy atom. The fraction of sp³-hybridized carbons (Fsp3) is 0.537. The second-order valence-corrected chi connectivity index (χ2v) is 19.0. The molecule has 8 rings (SSSR count). The molecular formula is C41H48ClFN8O5S. The molecule has 2 amide bonds. The average molecular weight is 819 g/mol. The van der Waals surface area contributed by atoms with Crippen LogP contribution in [0.4, 0.5) is 30.7 Å². The van der Waals surface area contributed by atoms with Gasteiger partial charge in [0.25, 0.3) is 0 Å². The topological polar surface area (TPSA) is 136 Å². The van der Waals surface area contributed by atoms with Crippen molar-refractivity contribution in [1.29, 1.82) is 5.26 Å². The number of hydrogen-bond acceptors (Lipinski definition) is 12. The third-order valence-corrected chi connectivity index (χ3v) is 12.6. The number of fused-ring (bicyclic) bond motifs is 6. The standard InChI is InChI=1S/C41H48ClFN8O5S/c1-40(2,3)55-38(52)47-36-25(15-44)30-24(11-12-28(43)34(30)57-36)29-26-19-54-20-27(26)31-33(32(29)42)45-37(49-14-13-21(16-49)48(7)8)46-35(31)51-22-9-10-23(51)18-50(17-22)39(53)56-41(4,5)6/h11-12,21-23H,9-10,13-14,16-20H2,1-8H3,(H,47,52)/t21-,22?,23?/m0/s1. The molecule has 4 aliphatic heterocycles. The zero-order chi connectivity index (χ0) is 40.7. The molecule has 3 atom stereocenters. The maximum Gasteiger partial charge on any atom is 0.412 e. The molecule has 0 radical (unpaired) electrons. The van der Waals surface area contributed by atoms with Crippen molar-refractivity contribution in [3.63, 3.8) is 0 Å². The third kappa shape index (κ3) is 7.19. The summed E-state index contributed by atoms with van der Waals surface area (Å²) in [5, 5.41) is 14.9. The summed E-state index contributed by atoms with van der Waals surface area (Å²) in [5.41, 5.74) is 2.08. The van der Waals surface area contributed by atoms with Crippen molar-refractivity contribution >= 4 is 72.9 Å². The molecule has 2 bridgehead atoms. The minimum absolute atomic E-state index is 0.0108. The van der Waals surface area contributed by atoms with Crippen LogP contribution in [-0.2, 0) is 27.4 Å². The molecule has 0 saturated carbocycles. The first kappa shape index (κ1) is 39.3. The highest BCUT2D eigenvalue weighted by Gasteiger charge is 2.45. The van der Waals surface area contributed by atoms with Gasteiger partial charge in [-0.25, -0.2) is 19.0 Å². The highest BCUT2D eigenvalue weighted by Crippen LogP contribution is 2.51. The van der Waals surface area contributed by atoms with E-state index in [2.05, 4.69) is 40.2 Å². The number of thiophene rings is 1. The molecular weight excluding hydrogens is 771 g/mol. The lowest BCUT2D eigenvalue weighted by molar-refractivity contribution is 0.0209. The summed E-state index contributed by atoms with van der Waals surface area (Å²) in [4.78, 5) is 45.3. The number of aromatic nitrogens is 2. The van der Waals surface area contributed by atoms with Gasteiger partial charge in [0.2, 0.25) is 5.95 Å². The summed E-state index contributed by atoms with van der Waals surface area (Å²) in [7, 11) is 4.15. The maximum absolute atomic E-state index is 15.7. The van der Waals surface area contributed by atoms with Gasteiger partial charge in [0.15, 0.2) is 0 Å². The van der Waals surface area contributed by atoms with Gasteiger partial charge in [-0.3, -0.25) is 5.32 Å². The molecule has 4 aromatic rings. The van der Waals surface area contributed by atoms with Crippen LogP contribution in [-0.4, -0.2) is 102 Å². The number of hydrogen-bond donors (Lipinski definition) is 1. The van der Waals surface area contributed by atoms with Crippen molar-refractivity contribution < 1.29 is 28.2 Å². The van der Waals surface area contributed by atoms with E-state index in [1.165, 1.54) is 6.07 Å². The number of rotatable bonds is 5. The van der Waals surface area contributed by atoms with Gasteiger partial charge in [0.05, 0.1) is 39.4 Å². The zero-order valence-corrected chi connectivity index (χ0v) is 35.2. The third-order valence-electron chi connectivity index (χ3n) is 11.1. The Kier molecular flexibility index (Phi) is 9.94. The van der Waals surface area contributed by atoms with Crippen LogP contribution < -0.4 is 15.1 Å². The van der Waals surface area contributed by atoms with Gasteiger partial charge in [-0.2, -0.15) is 10.2 Å². The van der Waals surface area contributed by atoms with Crippen molar-refractivity contribution in [3.05, 3.63) is 39.7 Å². The summed E-state index contributed by atoms with van der Waals surface area (Å²) in [6, 6.07) is 5.51. The Balaban J connectivity index is 1.31. The van der Waals surface area contributed by atoms with Crippen LogP contribution in [0.3, 0.4) is 0 Å². The molecule has 2 aromatic heterocycles. The number of halogens is 2. The largest absolute Gasteiger partial charge is 0.444 e. The molecule has 1 N–H and O–H groups in total. The first-order valence-electron chi connectivity index (χ1n) is 19.4. The van der Waals surface area contributed by atoms with Gasteiger partial charge < -0.3 is 33.8 Å². The molecule has 0 spiro atoms. The van der Waals surface area contributed by atoms with Crippen molar-refractivity contribution in [1.82, 2.24) is 19.8 Å². The molecule has 4 aliphatic rings. The lowest BCUT2D eigenvalue weighted by atomic mass is 9.90. The van der Waals surface area contributed by atoms with Gasteiger partial charge in [-0.05, 0) is 97.7 Å². The molecule has 0 aliphatic carbocycles. The van der Waals surface area contributed by atoms with E-state index in [1.807, 2.05) is 25.7 Å². The Morgan fingerprint density at radius 2 is 1.68 bits per heavy atom. The van der Waals surface area contributed by atoms with Crippen molar-refractivity contribution in [2.75, 3.05) is 55.4 Å². The summed E-state index contributed by atoms with van der Waals surface area (Å²) < 4.78 is 33.3. The quantitative estimate of drug-likeness (QED) is 0.208. The van der Waals surface area contributed by atoms with Crippen LogP contribution in [0.15, 0.2) is 12.1 Å². The molecule has 16 heteroatoms. The number of ether oxygens (including phenoxy) is 3. The van der Waals surface area contributed by atoms with Crippen molar-refractivity contribution in [2.45, 2.75) is 103 Å². The number of nitriles is 1. The number of anilines is 3. The molecule has 2 aromatic carbocycles. The van der Waals surface area contributed by atoms with E-state index >= 15 is 4.39 Å². The molecule has 2 unspecified atom stereocenters. The Bertz CT molecular complexity index is 2340. The van der Waals surface area contributed by atoms with Gasteiger partial charge in [-0.15, -0.1) is 11.3 Å². The first-order chi connectivity index (χ1) is 26.9. The highest BCUT2D eigenvalue weighted by molar-refractivity contribution is 7.23. The highest BCUT2D eigenvalue weighted by atomic mass is 35.5. The minimum atomic E-state index is -0.781. The predicted molar refractivity (Wildman–Crippen MR) is 220 cm³/mol. The lowest BCUT2D eigenvalue weighted by Gasteiger charge is -2.42. The number of benzene rings is 2. The molecule has 13 nitrogen and oxygen atoms in total. The zero-order valence-electron chi connectivity index (χ0n) is 33.6. The van der Waals surface area contributed by atoms with E-state index < -0.39 is 23.1 Å². The number of nitrogens with zero attached hydrogens (tertiary/aromatic N) is 7. The van der Waals surface area contributed by atoms with Crippen LogP contribution >= 0.6 is 22.9 Å². The van der Waals surface area contributed by atoms with E-state index in [1.54, 1.807) is 26.8 Å². The number of nitrogens with one attached hydrogen (secondary N) is 1. The summed E-state index contributed by atoms with van der Waals surface area (Å²) in [6.07, 6.45) is 1.64. The van der Waals surface area contributed by atoms with Crippen LogP contribution in [0.25, 0.3) is 32.1 Å². The van der Waals surface area contributed by atoms with Gasteiger partial charge in [0.1, 0.15) is 33.9 Å². The molecule has 6 heterocycles. The molecule has 3 saturated heterocycles. The Morgan fingerprint density at radius 3 is 2.32 bits per heavy atom. The SMILES string of the molecule is CN(C)[C@H]1CCN(c2nc(N3C4CCC3CN(C(=O)OC(C)(C)C)C4)c3c4c(c(-c5ccc(F)c6sc(NC(=O)OC(C)(C)C)c(C#N)c56)c(Cl)c3n2)COC4)C1. The van der Waals surface area contributed by atoms with Crippen molar-refractivity contribution in [3.8, 4) is 17.2 Å². The fourth-order valence-electron chi connectivity index (χ4n) is 8.65. The number of likely N-dealkylation sites (N-methyl/N-ethyl adjacent to an activating group) is 1. The minimum Gasteiger partial charge on any atom is -0.444 e. The summed E-state index contributed by atoms with van der Waals surface area (Å²) in [5.74, 6) is 0.787. The van der Waals surface area contributed by atoms with Gasteiger partial charge in [-0.1, -0.05) is 17.7 Å². The maximum atomic E-state index is 15.7. The van der Waals surface area contributed by atoms with Crippen LogP contribution in [0.2, 0.25) is 5.02 Å². The van der Waals surface area contributed by atoms with Gasteiger partial charge in [0, 0.05) is 55.3 Å². The van der Waals surface area contributed by atoms with E-state index in [-0.39, 0.29) is 46.7 Å². The van der Waals surface area contributed by atoms with Crippen LogP contribution in [0.1, 0.15) is 77.5 Å². The fourth-order valence-corrected chi connectivity index (χ4v) is 10.1. The lowest BCUT2D eigenvalue weighted by Crippen LogP contribution is -2.56. The smallest absolute Gasteiger partial charge is 0.412 e. The van der Waals surface area contributed by atoms with E-state index in [4.69, 9.17) is 35.8 Å². The average Bonchev–Trinajstić information content (AvgIpc) is 3.92. The van der Waals surface area contributed by atoms with E-state index in [0.29, 0.717) is 52.1 Å². The van der Waals surface area contributed by atoms with E-state index in [0.717, 1.165) is 66.0 Å². The number of carbonyl (C=O) groups is 2. The summed E-state index contributed by atoms with van der Waals surface area (Å²) in [6.45, 7) is 13.8. The second-order valence-electron chi connectivity index (χ2n) is 17.6. The van der Waals surface area contributed by atoms with Crippen molar-refractivity contribution in [2.24, 2.45) is 0 Å². The monoisotopic (exact) mass is 818 g/mol. The number of carbonyl (C=O) groups excluding carboxylic acids is 2. The predicted octanol–water partition coefficient (Wildman–Crippen LogP) is 8.28. The second kappa shape index (κ2) is 14.4. The normalized spacial score (nSPS) is 20.8. The van der Waals surface area contributed by atoms with E-state index in [9.17, 15) is 14.9 Å². The Hall–Kier alpha value is -4.49. The first-order valence-corrected chi connectivity index (χ1v) is 20.6. The summed E-state index contributed by atoms with van der Waals surface area (Å²) >= 11 is 8.59. The number of likely N-dealkylation sites (tertiary alicyclic amines) is 1. The molecule has 3 fully saturated rings. The van der Waals surface area contributed by atoms with Crippen LogP contribution in [0, 0.1) is 17.1 Å². The number of amides is 2. The molecule has 57 heavy (non-hydrogen) atoms. The van der Waals surface area contributed by atoms with Crippen LogP contribution in [0.5, 0.6) is 0 Å². The Labute approximate surface area is 340 Å².